The topological polar surface area (TPSA) is 38.9 Å². The Morgan fingerprint density at radius 3 is 1.76 bits per heavy atom. The first-order valence-electron chi connectivity index (χ1n) is 5.08. The molecule has 1 heterocycles. The van der Waals surface area contributed by atoms with Crippen LogP contribution in [0, 0.1) is 0 Å². The number of halogens is 2. The quantitative estimate of drug-likeness (QED) is 0.870. The molecule has 0 aliphatic heterocycles. The normalized spacial score (nSPS) is 8.94. The van der Waals surface area contributed by atoms with Crippen molar-refractivity contribution in [2.24, 2.45) is 0 Å². The molecule has 0 atom stereocenters. The minimum absolute atomic E-state index is 0. The van der Waals surface area contributed by atoms with Gasteiger partial charge in [-0.3, -0.25) is 4.98 Å². The highest BCUT2D eigenvalue weighted by atomic mass is 35.5. The molecule has 0 fully saturated rings. The summed E-state index contributed by atoms with van der Waals surface area (Å²) in [5, 5.41) is 0. The van der Waals surface area contributed by atoms with Crippen molar-refractivity contribution in [2.45, 2.75) is 12.8 Å². The van der Waals surface area contributed by atoms with E-state index in [4.69, 9.17) is 5.73 Å². The third-order valence-corrected chi connectivity index (χ3v) is 2.43. The molecule has 2 aromatic rings. The van der Waals surface area contributed by atoms with Gasteiger partial charge in [-0.1, -0.05) is 12.1 Å². The number of nitrogen functional groups attached to an aromatic ring is 1. The fourth-order valence-electron chi connectivity index (χ4n) is 1.52. The van der Waals surface area contributed by atoms with Gasteiger partial charge >= 0.3 is 0 Å². The number of hydrogen-bond donors (Lipinski definition) is 1. The van der Waals surface area contributed by atoms with E-state index in [2.05, 4.69) is 29.2 Å². The highest BCUT2D eigenvalue weighted by Crippen LogP contribution is 2.09. The van der Waals surface area contributed by atoms with Gasteiger partial charge in [-0.05, 0) is 48.2 Å². The molecular formula is C13H16Cl2N2. The van der Waals surface area contributed by atoms with Crippen LogP contribution in [0.5, 0.6) is 0 Å². The van der Waals surface area contributed by atoms with E-state index < -0.39 is 0 Å². The number of nitrogens with two attached hydrogens (primary N) is 1. The zero-order valence-electron chi connectivity index (χ0n) is 9.37. The van der Waals surface area contributed by atoms with Crippen LogP contribution in [0.25, 0.3) is 0 Å². The highest BCUT2D eigenvalue weighted by molar-refractivity contribution is 5.85. The summed E-state index contributed by atoms with van der Waals surface area (Å²) < 4.78 is 0. The molecule has 2 nitrogen and oxygen atoms in total. The van der Waals surface area contributed by atoms with Crippen molar-refractivity contribution < 1.29 is 0 Å². The van der Waals surface area contributed by atoms with Crippen molar-refractivity contribution in [3.63, 3.8) is 0 Å². The predicted molar refractivity (Wildman–Crippen MR) is 77.0 cm³/mol. The summed E-state index contributed by atoms with van der Waals surface area (Å²) in [7, 11) is 0. The van der Waals surface area contributed by atoms with Crippen molar-refractivity contribution >= 4 is 30.5 Å². The zero-order chi connectivity index (χ0) is 10.5. The lowest BCUT2D eigenvalue weighted by Gasteiger charge is -2.02. The molecule has 0 saturated heterocycles. The van der Waals surface area contributed by atoms with E-state index >= 15 is 0 Å². The molecule has 2 rings (SSSR count). The average Bonchev–Trinajstić information content (AvgIpc) is 2.30. The van der Waals surface area contributed by atoms with Crippen LogP contribution in [0.4, 0.5) is 5.69 Å². The van der Waals surface area contributed by atoms with E-state index in [1.165, 1.54) is 11.1 Å². The molecule has 0 radical (unpaired) electrons. The van der Waals surface area contributed by atoms with E-state index in [9.17, 15) is 0 Å². The molecular weight excluding hydrogens is 255 g/mol. The predicted octanol–water partition coefficient (Wildman–Crippen LogP) is 3.29. The van der Waals surface area contributed by atoms with Crippen molar-refractivity contribution in [1.29, 1.82) is 0 Å². The molecule has 0 amide bonds. The second kappa shape index (κ2) is 7.93. The van der Waals surface area contributed by atoms with Gasteiger partial charge in [0.05, 0.1) is 0 Å². The summed E-state index contributed by atoms with van der Waals surface area (Å²) in [5.41, 5.74) is 9.09. The number of nitrogens with zero attached hydrogens (tertiary/aromatic N) is 1. The van der Waals surface area contributed by atoms with Gasteiger partial charge in [-0.15, -0.1) is 24.8 Å². The standard InChI is InChI=1S/C13H14N2.2ClH/c14-13-5-3-11(4-6-13)1-2-12-7-9-15-10-8-12;;/h3-10H,1-2,14H2;2*1H. The van der Waals surface area contributed by atoms with E-state index in [0.29, 0.717) is 0 Å². The van der Waals surface area contributed by atoms with Gasteiger partial charge in [-0.25, -0.2) is 0 Å². The Kier molecular flexibility index (Phi) is 7.35. The Morgan fingerprint density at radius 2 is 1.24 bits per heavy atom. The highest BCUT2D eigenvalue weighted by Gasteiger charge is 1.95. The Bertz CT molecular complexity index is 415. The number of rotatable bonds is 3. The Morgan fingerprint density at radius 1 is 0.765 bits per heavy atom. The smallest absolute Gasteiger partial charge is 0.0314 e. The summed E-state index contributed by atoms with van der Waals surface area (Å²) in [6, 6.07) is 12.2. The first-order chi connectivity index (χ1) is 7.34. The SMILES string of the molecule is Cl.Cl.Nc1ccc(CCc2ccncc2)cc1. The third-order valence-electron chi connectivity index (χ3n) is 2.43. The first kappa shape index (κ1) is 15.8. The molecule has 0 spiro atoms. The largest absolute Gasteiger partial charge is 0.399 e. The van der Waals surface area contributed by atoms with Crippen molar-refractivity contribution in [1.82, 2.24) is 4.98 Å². The molecule has 92 valence electrons. The van der Waals surface area contributed by atoms with Gasteiger partial charge in [0.25, 0.3) is 0 Å². The van der Waals surface area contributed by atoms with Crippen LogP contribution in [-0.4, -0.2) is 4.98 Å². The average molecular weight is 271 g/mol. The van der Waals surface area contributed by atoms with Gasteiger partial charge in [-0.2, -0.15) is 0 Å². The lowest BCUT2D eigenvalue weighted by molar-refractivity contribution is 0.956. The molecule has 0 aliphatic rings. The molecule has 1 aromatic carbocycles. The fourth-order valence-corrected chi connectivity index (χ4v) is 1.52. The van der Waals surface area contributed by atoms with E-state index in [-0.39, 0.29) is 24.8 Å². The molecule has 0 bridgehead atoms. The van der Waals surface area contributed by atoms with Gasteiger partial charge < -0.3 is 5.73 Å². The van der Waals surface area contributed by atoms with Crippen LogP contribution in [0.15, 0.2) is 48.8 Å². The Labute approximate surface area is 114 Å². The van der Waals surface area contributed by atoms with E-state index in [1.807, 2.05) is 24.5 Å². The second-order valence-electron chi connectivity index (χ2n) is 3.60. The second-order valence-corrected chi connectivity index (χ2v) is 3.60. The van der Waals surface area contributed by atoms with Gasteiger partial charge in [0, 0.05) is 18.1 Å². The lowest BCUT2D eigenvalue weighted by atomic mass is 10.1. The molecule has 4 heteroatoms. The van der Waals surface area contributed by atoms with E-state index in [0.717, 1.165) is 18.5 Å². The number of aryl methyl sites for hydroxylation is 2. The number of anilines is 1. The summed E-state index contributed by atoms with van der Waals surface area (Å²) in [4.78, 5) is 4.00. The minimum Gasteiger partial charge on any atom is -0.399 e. The van der Waals surface area contributed by atoms with Gasteiger partial charge in [0.2, 0.25) is 0 Å². The van der Waals surface area contributed by atoms with Gasteiger partial charge in [0.1, 0.15) is 0 Å². The van der Waals surface area contributed by atoms with Gasteiger partial charge in [0.15, 0.2) is 0 Å². The maximum atomic E-state index is 5.63. The Balaban J connectivity index is 0.00000128. The summed E-state index contributed by atoms with van der Waals surface area (Å²) in [6.45, 7) is 0. The summed E-state index contributed by atoms with van der Waals surface area (Å²) >= 11 is 0. The maximum Gasteiger partial charge on any atom is 0.0314 e. The van der Waals surface area contributed by atoms with Crippen LogP contribution < -0.4 is 5.73 Å². The fraction of sp³-hybridized carbons (Fsp3) is 0.154. The molecule has 0 saturated carbocycles. The minimum atomic E-state index is 0. The first-order valence-corrected chi connectivity index (χ1v) is 5.08. The van der Waals surface area contributed by atoms with Crippen LogP contribution in [-0.2, 0) is 12.8 Å². The maximum absolute atomic E-state index is 5.63. The van der Waals surface area contributed by atoms with Crippen molar-refractivity contribution in [2.75, 3.05) is 5.73 Å². The van der Waals surface area contributed by atoms with Crippen molar-refractivity contribution in [3.8, 4) is 0 Å². The number of hydrogen-bond acceptors (Lipinski definition) is 2. The van der Waals surface area contributed by atoms with E-state index in [1.54, 1.807) is 0 Å². The molecule has 17 heavy (non-hydrogen) atoms. The molecule has 0 aliphatic carbocycles. The van der Waals surface area contributed by atoms with Crippen LogP contribution in [0.1, 0.15) is 11.1 Å². The monoisotopic (exact) mass is 270 g/mol. The molecule has 2 N–H and O–H groups in total. The van der Waals surface area contributed by atoms with Crippen LogP contribution in [0.3, 0.4) is 0 Å². The zero-order valence-corrected chi connectivity index (χ0v) is 11.0. The summed E-state index contributed by atoms with van der Waals surface area (Å²) in [5.74, 6) is 0. The third kappa shape index (κ3) is 5.07. The van der Waals surface area contributed by atoms with Crippen LogP contribution >= 0.6 is 24.8 Å². The van der Waals surface area contributed by atoms with Crippen LogP contribution in [0.2, 0.25) is 0 Å². The number of pyridine rings is 1. The number of aromatic nitrogens is 1. The number of benzene rings is 1. The molecule has 1 aromatic heterocycles. The lowest BCUT2D eigenvalue weighted by Crippen LogP contribution is -1.92. The Hall–Kier alpha value is -1.25. The summed E-state index contributed by atoms with van der Waals surface area (Å²) in [6.07, 6.45) is 5.76. The van der Waals surface area contributed by atoms with Crippen molar-refractivity contribution in [3.05, 3.63) is 59.9 Å². The molecule has 0 unspecified atom stereocenters.